The number of alkyl halides is 3. The molecule has 0 fully saturated rings. The second-order valence-corrected chi connectivity index (χ2v) is 4.85. The molecular weight excluding hydrogens is 271 g/mol. The number of likely N-dealkylation sites (N-methyl/N-ethyl adjacent to an activating group) is 1. The summed E-state index contributed by atoms with van der Waals surface area (Å²) < 4.78 is 37.6. The number of anilines is 2. The van der Waals surface area contributed by atoms with Crippen LogP contribution >= 0.6 is 0 Å². The second kappa shape index (κ2) is 6.02. The Morgan fingerprint density at radius 1 is 1.40 bits per heavy atom. The molecule has 0 saturated carbocycles. The molecule has 1 amide bonds. The fraction of sp³-hybridized carbons (Fsp3) is 0.462. The Labute approximate surface area is 115 Å². The van der Waals surface area contributed by atoms with Crippen LogP contribution in [-0.4, -0.2) is 25.5 Å². The van der Waals surface area contributed by atoms with Crippen molar-refractivity contribution in [2.45, 2.75) is 26.1 Å². The lowest BCUT2D eigenvalue weighted by Gasteiger charge is -2.22. The Hall–Kier alpha value is -1.92. The summed E-state index contributed by atoms with van der Waals surface area (Å²) in [5, 5.41) is 2.70. The number of carbonyl (C=O) groups is 1. The van der Waals surface area contributed by atoms with Gasteiger partial charge in [-0.05, 0) is 32.0 Å². The largest absolute Gasteiger partial charge is 0.416 e. The van der Waals surface area contributed by atoms with Crippen molar-refractivity contribution in [3.63, 3.8) is 0 Å². The van der Waals surface area contributed by atoms with Gasteiger partial charge in [-0.2, -0.15) is 13.2 Å². The summed E-state index contributed by atoms with van der Waals surface area (Å²) in [6.45, 7) is 3.67. The number of hydrogen-bond donors (Lipinski definition) is 2. The van der Waals surface area contributed by atoms with Crippen molar-refractivity contribution in [1.82, 2.24) is 5.32 Å². The monoisotopic (exact) mass is 289 g/mol. The number of benzene rings is 1. The number of halogens is 3. The predicted molar refractivity (Wildman–Crippen MR) is 72.4 cm³/mol. The van der Waals surface area contributed by atoms with E-state index in [9.17, 15) is 18.0 Å². The van der Waals surface area contributed by atoms with Crippen LogP contribution in [0.15, 0.2) is 18.2 Å². The van der Waals surface area contributed by atoms with E-state index in [1.807, 2.05) is 13.8 Å². The zero-order valence-electron chi connectivity index (χ0n) is 11.6. The molecule has 0 aliphatic carbocycles. The minimum absolute atomic E-state index is 0.000789. The van der Waals surface area contributed by atoms with Gasteiger partial charge in [-0.3, -0.25) is 4.79 Å². The van der Waals surface area contributed by atoms with Gasteiger partial charge in [-0.1, -0.05) is 0 Å². The molecule has 3 N–H and O–H groups in total. The summed E-state index contributed by atoms with van der Waals surface area (Å²) in [6.07, 6.45) is -4.43. The summed E-state index contributed by atoms with van der Waals surface area (Å²) >= 11 is 0. The van der Waals surface area contributed by atoms with Crippen LogP contribution in [-0.2, 0) is 11.0 Å². The standard InChI is InChI=1S/C13H18F3N3O/c1-8(2)18-12(20)7-19(3)11-5-4-9(6-10(11)17)13(14,15)16/h4-6,8H,7,17H2,1-3H3,(H,18,20). The van der Waals surface area contributed by atoms with Crippen molar-refractivity contribution in [3.05, 3.63) is 23.8 Å². The quantitative estimate of drug-likeness (QED) is 0.836. The Morgan fingerprint density at radius 3 is 2.45 bits per heavy atom. The summed E-state index contributed by atoms with van der Waals surface area (Å²) in [5.41, 5.74) is 5.19. The fourth-order valence-corrected chi connectivity index (χ4v) is 1.75. The highest BCUT2D eigenvalue weighted by molar-refractivity contribution is 5.83. The number of rotatable bonds is 4. The predicted octanol–water partition coefficient (Wildman–Crippen LogP) is 2.25. The Balaban J connectivity index is 2.84. The Morgan fingerprint density at radius 2 is 2.00 bits per heavy atom. The maximum absolute atomic E-state index is 12.5. The van der Waals surface area contributed by atoms with Gasteiger partial charge in [0, 0.05) is 13.1 Å². The van der Waals surface area contributed by atoms with Crippen LogP contribution in [0.4, 0.5) is 24.5 Å². The maximum atomic E-state index is 12.5. The molecule has 0 unspecified atom stereocenters. The number of nitrogens with one attached hydrogen (secondary N) is 1. The van der Waals surface area contributed by atoms with E-state index in [1.165, 1.54) is 11.0 Å². The molecule has 4 nitrogen and oxygen atoms in total. The number of carbonyl (C=O) groups excluding carboxylic acids is 1. The van der Waals surface area contributed by atoms with Gasteiger partial charge in [-0.25, -0.2) is 0 Å². The van der Waals surface area contributed by atoms with Gasteiger partial charge in [0.1, 0.15) is 0 Å². The summed E-state index contributed by atoms with van der Waals surface area (Å²) in [7, 11) is 1.60. The van der Waals surface area contributed by atoms with Crippen molar-refractivity contribution < 1.29 is 18.0 Å². The topological polar surface area (TPSA) is 58.4 Å². The van der Waals surface area contributed by atoms with E-state index in [0.29, 0.717) is 5.69 Å². The lowest BCUT2D eigenvalue weighted by atomic mass is 10.1. The van der Waals surface area contributed by atoms with Gasteiger partial charge >= 0.3 is 6.18 Å². The molecular formula is C13H18F3N3O. The van der Waals surface area contributed by atoms with Crippen molar-refractivity contribution in [1.29, 1.82) is 0 Å². The van der Waals surface area contributed by atoms with Gasteiger partial charge < -0.3 is 16.0 Å². The number of nitrogen functional groups attached to an aromatic ring is 1. The van der Waals surface area contributed by atoms with Crippen LogP contribution in [0.5, 0.6) is 0 Å². The highest BCUT2D eigenvalue weighted by Gasteiger charge is 2.31. The Kier molecular flexibility index (Phi) is 4.86. The molecule has 0 aliphatic heterocycles. The molecule has 0 aliphatic rings. The molecule has 0 heterocycles. The third kappa shape index (κ3) is 4.32. The third-order valence-electron chi connectivity index (χ3n) is 2.60. The second-order valence-electron chi connectivity index (χ2n) is 4.85. The zero-order chi connectivity index (χ0) is 15.5. The van der Waals surface area contributed by atoms with Crippen LogP contribution in [0.25, 0.3) is 0 Å². The first-order valence-corrected chi connectivity index (χ1v) is 6.08. The van der Waals surface area contributed by atoms with E-state index >= 15 is 0 Å². The number of nitrogens with two attached hydrogens (primary N) is 1. The molecule has 1 aromatic rings. The van der Waals surface area contributed by atoms with Crippen molar-refractivity contribution in [2.24, 2.45) is 0 Å². The first-order valence-electron chi connectivity index (χ1n) is 6.08. The van der Waals surface area contributed by atoms with Crippen LogP contribution in [0.1, 0.15) is 19.4 Å². The summed E-state index contributed by atoms with van der Waals surface area (Å²) in [6, 6.07) is 3.08. The van der Waals surface area contributed by atoms with E-state index in [2.05, 4.69) is 5.32 Å². The fourth-order valence-electron chi connectivity index (χ4n) is 1.75. The Bertz CT molecular complexity index is 486. The molecule has 0 bridgehead atoms. The third-order valence-corrected chi connectivity index (χ3v) is 2.60. The number of amides is 1. The van der Waals surface area contributed by atoms with E-state index in [1.54, 1.807) is 7.05 Å². The molecule has 0 saturated heterocycles. The van der Waals surface area contributed by atoms with Crippen LogP contribution < -0.4 is 16.0 Å². The highest BCUT2D eigenvalue weighted by Crippen LogP contribution is 2.33. The smallest absolute Gasteiger partial charge is 0.397 e. The van der Waals surface area contributed by atoms with Gasteiger partial charge in [0.25, 0.3) is 0 Å². The van der Waals surface area contributed by atoms with Gasteiger partial charge in [0.05, 0.1) is 23.5 Å². The lowest BCUT2D eigenvalue weighted by Crippen LogP contribution is -2.38. The highest BCUT2D eigenvalue weighted by atomic mass is 19.4. The molecule has 112 valence electrons. The van der Waals surface area contributed by atoms with Crippen molar-refractivity contribution >= 4 is 17.3 Å². The zero-order valence-corrected chi connectivity index (χ0v) is 11.6. The summed E-state index contributed by atoms with van der Waals surface area (Å²) in [4.78, 5) is 13.1. The SMILES string of the molecule is CC(C)NC(=O)CN(C)c1ccc(C(F)(F)F)cc1N. The normalized spacial score (nSPS) is 11.6. The molecule has 0 radical (unpaired) electrons. The molecule has 7 heteroatoms. The molecule has 0 spiro atoms. The lowest BCUT2D eigenvalue weighted by molar-refractivity contribution is -0.137. The van der Waals surface area contributed by atoms with E-state index in [-0.39, 0.29) is 24.2 Å². The average molecular weight is 289 g/mol. The van der Waals surface area contributed by atoms with Crippen molar-refractivity contribution in [3.8, 4) is 0 Å². The van der Waals surface area contributed by atoms with E-state index in [0.717, 1.165) is 12.1 Å². The molecule has 0 atom stereocenters. The minimum atomic E-state index is -4.43. The molecule has 1 aromatic carbocycles. The molecule has 20 heavy (non-hydrogen) atoms. The molecule has 0 aromatic heterocycles. The summed E-state index contributed by atoms with van der Waals surface area (Å²) in [5.74, 6) is -0.221. The van der Waals surface area contributed by atoms with E-state index in [4.69, 9.17) is 5.73 Å². The van der Waals surface area contributed by atoms with Gasteiger partial charge in [-0.15, -0.1) is 0 Å². The minimum Gasteiger partial charge on any atom is -0.397 e. The molecule has 1 rings (SSSR count). The van der Waals surface area contributed by atoms with Crippen LogP contribution in [0.3, 0.4) is 0 Å². The van der Waals surface area contributed by atoms with Crippen LogP contribution in [0.2, 0.25) is 0 Å². The van der Waals surface area contributed by atoms with E-state index < -0.39 is 11.7 Å². The first kappa shape index (κ1) is 16.1. The van der Waals surface area contributed by atoms with Crippen LogP contribution in [0, 0.1) is 0 Å². The first-order chi connectivity index (χ1) is 9.11. The van der Waals surface area contributed by atoms with Gasteiger partial charge in [0.15, 0.2) is 0 Å². The maximum Gasteiger partial charge on any atom is 0.416 e. The van der Waals surface area contributed by atoms with Gasteiger partial charge in [0.2, 0.25) is 5.91 Å². The number of nitrogens with zero attached hydrogens (tertiary/aromatic N) is 1. The van der Waals surface area contributed by atoms with Crippen molar-refractivity contribution in [2.75, 3.05) is 24.2 Å². The average Bonchev–Trinajstić information content (AvgIpc) is 2.25. The number of hydrogen-bond acceptors (Lipinski definition) is 3.